The molecule has 1 fully saturated rings. The molecular formula is C13H18N2OS. The zero-order valence-electron chi connectivity index (χ0n) is 9.98. The highest BCUT2D eigenvalue weighted by Gasteiger charge is 2.25. The first-order chi connectivity index (χ1) is 8.20. The number of amides is 1. The summed E-state index contributed by atoms with van der Waals surface area (Å²) in [4.78, 5) is 12.0. The van der Waals surface area contributed by atoms with E-state index in [0.717, 1.165) is 12.8 Å². The van der Waals surface area contributed by atoms with E-state index < -0.39 is 0 Å². The highest BCUT2D eigenvalue weighted by atomic mass is 32.2. The van der Waals surface area contributed by atoms with Crippen LogP contribution in [0.2, 0.25) is 0 Å². The molecule has 1 aliphatic carbocycles. The van der Waals surface area contributed by atoms with Crippen molar-refractivity contribution >= 4 is 23.4 Å². The standard InChI is InChI=1S/C13H18N2OS/c1-17-10-7-6-9(8-10)15-13(16)11-4-2-3-5-12(11)14/h2-5,9-10H,6-8,14H2,1H3,(H,15,16). The Morgan fingerprint density at radius 3 is 2.82 bits per heavy atom. The van der Waals surface area contributed by atoms with E-state index in [2.05, 4.69) is 11.6 Å². The van der Waals surface area contributed by atoms with Crippen LogP contribution in [0.15, 0.2) is 24.3 Å². The van der Waals surface area contributed by atoms with Crippen molar-refractivity contribution in [1.29, 1.82) is 0 Å². The first-order valence-electron chi connectivity index (χ1n) is 5.89. The fraction of sp³-hybridized carbons (Fsp3) is 0.462. The number of hydrogen-bond donors (Lipinski definition) is 2. The molecule has 1 aromatic carbocycles. The summed E-state index contributed by atoms with van der Waals surface area (Å²) >= 11 is 1.89. The Labute approximate surface area is 106 Å². The first-order valence-corrected chi connectivity index (χ1v) is 7.17. The number of benzene rings is 1. The lowest BCUT2D eigenvalue weighted by atomic mass is 10.1. The Kier molecular flexibility index (Phi) is 3.94. The topological polar surface area (TPSA) is 55.1 Å². The molecule has 0 aliphatic heterocycles. The second-order valence-corrected chi connectivity index (χ2v) is 5.57. The van der Waals surface area contributed by atoms with Crippen LogP contribution >= 0.6 is 11.8 Å². The molecule has 17 heavy (non-hydrogen) atoms. The van der Waals surface area contributed by atoms with Gasteiger partial charge in [0.1, 0.15) is 0 Å². The van der Waals surface area contributed by atoms with Gasteiger partial charge in [0.25, 0.3) is 5.91 Å². The van der Waals surface area contributed by atoms with Crippen molar-refractivity contribution in [3.05, 3.63) is 29.8 Å². The third-order valence-electron chi connectivity index (χ3n) is 3.26. The highest BCUT2D eigenvalue weighted by molar-refractivity contribution is 7.99. The number of nitrogen functional groups attached to an aromatic ring is 1. The van der Waals surface area contributed by atoms with Crippen LogP contribution in [-0.2, 0) is 0 Å². The van der Waals surface area contributed by atoms with E-state index in [9.17, 15) is 4.79 Å². The average Bonchev–Trinajstić information content (AvgIpc) is 2.77. The van der Waals surface area contributed by atoms with Gasteiger partial charge >= 0.3 is 0 Å². The Bertz CT molecular complexity index is 408. The molecule has 2 rings (SSSR count). The van der Waals surface area contributed by atoms with Crippen LogP contribution in [0.25, 0.3) is 0 Å². The molecule has 0 aromatic heterocycles. The van der Waals surface area contributed by atoms with E-state index in [1.165, 1.54) is 6.42 Å². The van der Waals surface area contributed by atoms with Crippen LogP contribution in [0.5, 0.6) is 0 Å². The number of thioether (sulfide) groups is 1. The van der Waals surface area contributed by atoms with E-state index in [1.807, 2.05) is 23.9 Å². The lowest BCUT2D eigenvalue weighted by molar-refractivity contribution is 0.0939. The predicted octanol–water partition coefficient (Wildman–Crippen LogP) is 2.28. The molecule has 3 N–H and O–H groups in total. The Balaban J connectivity index is 1.96. The maximum Gasteiger partial charge on any atom is 0.253 e. The molecule has 92 valence electrons. The maximum absolute atomic E-state index is 12.0. The minimum Gasteiger partial charge on any atom is -0.398 e. The summed E-state index contributed by atoms with van der Waals surface area (Å²) in [7, 11) is 0. The fourth-order valence-corrected chi connectivity index (χ4v) is 3.05. The summed E-state index contributed by atoms with van der Waals surface area (Å²) in [5.41, 5.74) is 6.91. The highest BCUT2D eigenvalue weighted by Crippen LogP contribution is 2.28. The maximum atomic E-state index is 12.0. The zero-order chi connectivity index (χ0) is 12.3. The van der Waals surface area contributed by atoms with Crippen LogP contribution in [-0.4, -0.2) is 23.5 Å². The molecule has 0 radical (unpaired) electrons. The number of anilines is 1. The summed E-state index contributed by atoms with van der Waals surface area (Å²) in [5, 5.41) is 3.76. The summed E-state index contributed by atoms with van der Waals surface area (Å²) in [6, 6.07) is 7.51. The molecule has 0 bridgehead atoms. The van der Waals surface area contributed by atoms with Crippen LogP contribution < -0.4 is 11.1 Å². The van der Waals surface area contributed by atoms with Crippen molar-refractivity contribution in [2.75, 3.05) is 12.0 Å². The Morgan fingerprint density at radius 1 is 1.41 bits per heavy atom. The number of rotatable bonds is 3. The molecule has 1 aliphatic rings. The zero-order valence-corrected chi connectivity index (χ0v) is 10.8. The molecular weight excluding hydrogens is 232 g/mol. The minimum atomic E-state index is -0.0464. The van der Waals surface area contributed by atoms with E-state index in [0.29, 0.717) is 22.5 Å². The van der Waals surface area contributed by atoms with Gasteiger partial charge in [0.05, 0.1) is 5.56 Å². The van der Waals surface area contributed by atoms with Crippen molar-refractivity contribution in [3.63, 3.8) is 0 Å². The van der Waals surface area contributed by atoms with Crippen molar-refractivity contribution in [3.8, 4) is 0 Å². The van der Waals surface area contributed by atoms with Crippen molar-refractivity contribution in [1.82, 2.24) is 5.32 Å². The summed E-state index contributed by atoms with van der Waals surface area (Å²) in [5.74, 6) is -0.0464. The lowest BCUT2D eigenvalue weighted by Crippen LogP contribution is -2.33. The van der Waals surface area contributed by atoms with Gasteiger partial charge in [-0.3, -0.25) is 4.79 Å². The number of carbonyl (C=O) groups excluding carboxylic acids is 1. The molecule has 0 saturated heterocycles. The summed E-state index contributed by atoms with van der Waals surface area (Å²) < 4.78 is 0. The number of carbonyl (C=O) groups is 1. The van der Waals surface area contributed by atoms with E-state index >= 15 is 0 Å². The van der Waals surface area contributed by atoms with Gasteiger partial charge in [0.2, 0.25) is 0 Å². The van der Waals surface area contributed by atoms with E-state index in [4.69, 9.17) is 5.73 Å². The SMILES string of the molecule is CSC1CCC(NC(=O)c2ccccc2N)C1. The van der Waals surface area contributed by atoms with Crippen molar-refractivity contribution in [2.45, 2.75) is 30.6 Å². The summed E-state index contributed by atoms with van der Waals surface area (Å²) in [6.45, 7) is 0. The molecule has 0 spiro atoms. The van der Waals surface area contributed by atoms with E-state index in [-0.39, 0.29) is 5.91 Å². The predicted molar refractivity (Wildman–Crippen MR) is 73.3 cm³/mol. The second-order valence-electron chi connectivity index (χ2n) is 4.43. The van der Waals surface area contributed by atoms with Gasteiger partial charge in [0, 0.05) is 17.0 Å². The van der Waals surface area contributed by atoms with Gasteiger partial charge < -0.3 is 11.1 Å². The van der Waals surface area contributed by atoms with Crippen molar-refractivity contribution in [2.24, 2.45) is 0 Å². The first kappa shape index (κ1) is 12.3. The number of para-hydroxylation sites is 1. The van der Waals surface area contributed by atoms with Gasteiger partial charge in [-0.15, -0.1) is 0 Å². The largest absolute Gasteiger partial charge is 0.398 e. The fourth-order valence-electron chi connectivity index (χ4n) is 2.25. The van der Waals surface area contributed by atoms with Gasteiger partial charge in [-0.25, -0.2) is 0 Å². The lowest BCUT2D eigenvalue weighted by Gasteiger charge is -2.13. The van der Waals surface area contributed by atoms with Crippen molar-refractivity contribution < 1.29 is 4.79 Å². The normalized spacial score (nSPS) is 23.6. The number of nitrogens with two attached hydrogens (primary N) is 1. The molecule has 4 heteroatoms. The van der Waals surface area contributed by atoms with Crippen LogP contribution in [0.3, 0.4) is 0 Å². The van der Waals surface area contributed by atoms with Gasteiger partial charge in [-0.2, -0.15) is 11.8 Å². The molecule has 1 aromatic rings. The summed E-state index contributed by atoms with van der Waals surface area (Å²) in [6.07, 6.45) is 5.46. The third-order valence-corrected chi connectivity index (χ3v) is 4.35. The van der Waals surface area contributed by atoms with Crippen LogP contribution in [0.4, 0.5) is 5.69 Å². The van der Waals surface area contributed by atoms with Gasteiger partial charge in [0.15, 0.2) is 0 Å². The van der Waals surface area contributed by atoms with Gasteiger partial charge in [-0.1, -0.05) is 12.1 Å². The average molecular weight is 250 g/mol. The molecule has 1 saturated carbocycles. The van der Waals surface area contributed by atoms with Gasteiger partial charge in [-0.05, 0) is 37.7 Å². The molecule has 2 unspecified atom stereocenters. The number of nitrogens with one attached hydrogen (secondary N) is 1. The quantitative estimate of drug-likeness (QED) is 0.809. The van der Waals surface area contributed by atoms with E-state index in [1.54, 1.807) is 12.1 Å². The third kappa shape index (κ3) is 2.94. The molecule has 3 nitrogen and oxygen atoms in total. The second kappa shape index (κ2) is 5.45. The molecule has 0 heterocycles. The molecule has 1 amide bonds. The monoisotopic (exact) mass is 250 g/mol. The Hall–Kier alpha value is -1.16. The molecule has 2 atom stereocenters. The minimum absolute atomic E-state index is 0.0464. The number of hydrogen-bond acceptors (Lipinski definition) is 3. The van der Waals surface area contributed by atoms with Crippen LogP contribution in [0, 0.1) is 0 Å². The van der Waals surface area contributed by atoms with Crippen LogP contribution in [0.1, 0.15) is 29.6 Å². The smallest absolute Gasteiger partial charge is 0.253 e. The Morgan fingerprint density at radius 2 is 2.18 bits per heavy atom.